The first-order valence-electron chi connectivity index (χ1n) is 7.29. The molecule has 3 rings (SSSR count). The SMILES string of the molecule is Cn1c(C2CCCC2(C)C)nc2c1CCC(N)C2. The second-order valence-corrected chi connectivity index (χ2v) is 6.86. The van der Waals surface area contributed by atoms with Crippen molar-refractivity contribution in [3.63, 3.8) is 0 Å². The van der Waals surface area contributed by atoms with Gasteiger partial charge in [0.2, 0.25) is 0 Å². The number of aromatic nitrogens is 2. The van der Waals surface area contributed by atoms with Gasteiger partial charge in [-0.25, -0.2) is 4.98 Å². The summed E-state index contributed by atoms with van der Waals surface area (Å²) >= 11 is 0. The van der Waals surface area contributed by atoms with Gasteiger partial charge in [0.15, 0.2) is 0 Å². The molecule has 2 aliphatic carbocycles. The van der Waals surface area contributed by atoms with Gasteiger partial charge < -0.3 is 10.3 Å². The third-order valence-electron chi connectivity index (χ3n) is 5.11. The van der Waals surface area contributed by atoms with E-state index < -0.39 is 0 Å². The molecule has 2 atom stereocenters. The van der Waals surface area contributed by atoms with Crippen LogP contribution in [0.15, 0.2) is 0 Å². The summed E-state index contributed by atoms with van der Waals surface area (Å²) < 4.78 is 2.37. The Morgan fingerprint density at radius 1 is 1.33 bits per heavy atom. The maximum Gasteiger partial charge on any atom is 0.112 e. The number of hydrogen-bond acceptors (Lipinski definition) is 2. The van der Waals surface area contributed by atoms with Gasteiger partial charge in [0.05, 0.1) is 5.69 Å². The van der Waals surface area contributed by atoms with E-state index in [1.807, 2.05) is 0 Å². The minimum Gasteiger partial charge on any atom is -0.335 e. The monoisotopic (exact) mass is 247 g/mol. The first-order chi connectivity index (χ1) is 8.49. The van der Waals surface area contributed by atoms with E-state index in [4.69, 9.17) is 10.7 Å². The maximum absolute atomic E-state index is 6.07. The number of fused-ring (bicyclic) bond motifs is 1. The van der Waals surface area contributed by atoms with Crippen molar-refractivity contribution in [3.05, 3.63) is 17.2 Å². The fourth-order valence-electron chi connectivity index (χ4n) is 3.87. The summed E-state index contributed by atoms with van der Waals surface area (Å²) in [6.07, 6.45) is 7.15. The predicted molar refractivity (Wildman–Crippen MR) is 73.6 cm³/mol. The van der Waals surface area contributed by atoms with E-state index in [0.717, 1.165) is 19.3 Å². The molecule has 0 aromatic carbocycles. The van der Waals surface area contributed by atoms with Crippen molar-refractivity contribution in [1.29, 1.82) is 0 Å². The van der Waals surface area contributed by atoms with Crippen molar-refractivity contribution in [2.45, 2.75) is 64.3 Å². The fourth-order valence-corrected chi connectivity index (χ4v) is 3.87. The highest BCUT2D eigenvalue weighted by Crippen LogP contribution is 2.48. The molecule has 0 amide bonds. The third kappa shape index (κ3) is 1.80. The van der Waals surface area contributed by atoms with E-state index in [1.54, 1.807) is 0 Å². The van der Waals surface area contributed by atoms with Crippen LogP contribution in [-0.4, -0.2) is 15.6 Å². The Morgan fingerprint density at radius 2 is 2.11 bits per heavy atom. The van der Waals surface area contributed by atoms with E-state index in [2.05, 4.69) is 25.5 Å². The number of rotatable bonds is 1. The van der Waals surface area contributed by atoms with Gasteiger partial charge in [0.25, 0.3) is 0 Å². The summed E-state index contributed by atoms with van der Waals surface area (Å²) in [6.45, 7) is 4.79. The Balaban J connectivity index is 1.99. The van der Waals surface area contributed by atoms with Crippen molar-refractivity contribution in [2.75, 3.05) is 0 Å². The van der Waals surface area contributed by atoms with Crippen molar-refractivity contribution in [1.82, 2.24) is 9.55 Å². The highest BCUT2D eigenvalue weighted by molar-refractivity contribution is 5.24. The van der Waals surface area contributed by atoms with Gasteiger partial charge in [-0.15, -0.1) is 0 Å². The van der Waals surface area contributed by atoms with Crippen LogP contribution in [0, 0.1) is 5.41 Å². The van der Waals surface area contributed by atoms with Gasteiger partial charge in [-0.3, -0.25) is 0 Å². The van der Waals surface area contributed by atoms with E-state index in [-0.39, 0.29) is 0 Å². The Bertz CT molecular complexity index is 459. The van der Waals surface area contributed by atoms with Crippen molar-refractivity contribution in [3.8, 4) is 0 Å². The van der Waals surface area contributed by atoms with E-state index in [0.29, 0.717) is 17.4 Å². The topological polar surface area (TPSA) is 43.8 Å². The average Bonchev–Trinajstić information content (AvgIpc) is 2.79. The Morgan fingerprint density at radius 3 is 2.78 bits per heavy atom. The zero-order chi connectivity index (χ0) is 12.9. The van der Waals surface area contributed by atoms with Crippen LogP contribution in [0.5, 0.6) is 0 Å². The van der Waals surface area contributed by atoms with Crippen LogP contribution in [0.2, 0.25) is 0 Å². The quantitative estimate of drug-likeness (QED) is 0.828. The van der Waals surface area contributed by atoms with E-state index in [1.165, 1.54) is 36.5 Å². The molecule has 3 heteroatoms. The van der Waals surface area contributed by atoms with Crippen LogP contribution in [0.25, 0.3) is 0 Å². The molecule has 0 spiro atoms. The molecule has 0 radical (unpaired) electrons. The number of imidazole rings is 1. The normalized spacial score (nSPS) is 30.4. The van der Waals surface area contributed by atoms with E-state index in [9.17, 15) is 0 Å². The van der Waals surface area contributed by atoms with Gasteiger partial charge in [0.1, 0.15) is 5.82 Å². The molecule has 18 heavy (non-hydrogen) atoms. The lowest BCUT2D eigenvalue weighted by atomic mass is 9.81. The summed E-state index contributed by atoms with van der Waals surface area (Å²) in [5.74, 6) is 1.95. The fraction of sp³-hybridized carbons (Fsp3) is 0.800. The van der Waals surface area contributed by atoms with Crippen LogP contribution in [0.4, 0.5) is 0 Å². The minimum atomic E-state index is 0.317. The Kier molecular flexibility index (Phi) is 2.77. The lowest BCUT2D eigenvalue weighted by Gasteiger charge is -2.26. The molecule has 2 aliphatic rings. The molecule has 1 heterocycles. The molecule has 0 aliphatic heterocycles. The van der Waals surface area contributed by atoms with Gasteiger partial charge in [-0.1, -0.05) is 20.3 Å². The zero-order valence-electron chi connectivity index (χ0n) is 11.9. The van der Waals surface area contributed by atoms with Crippen LogP contribution < -0.4 is 5.73 Å². The summed E-state index contributed by atoms with van der Waals surface area (Å²) in [6, 6.07) is 0.317. The minimum absolute atomic E-state index is 0.317. The molecule has 1 saturated carbocycles. The summed E-state index contributed by atoms with van der Waals surface area (Å²) in [4.78, 5) is 4.96. The second kappa shape index (κ2) is 4.09. The molecule has 1 aromatic rings. The van der Waals surface area contributed by atoms with E-state index >= 15 is 0 Å². The zero-order valence-corrected chi connectivity index (χ0v) is 11.9. The average molecular weight is 247 g/mol. The Hall–Kier alpha value is -0.830. The largest absolute Gasteiger partial charge is 0.335 e. The van der Waals surface area contributed by atoms with Crippen LogP contribution in [0.1, 0.15) is 62.7 Å². The molecule has 1 fully saturated rings. The molecular weight excluding hydrogens is 222 g/mol. The highest BCUT2D eigenvalue weighted by atomic mass is 15.1. The smallest absolute Gasteiger partial charge is 0.112 e. The molecule has 0 bridgehead atoms. The molecule has 3 nitrogen and oxygen atoms in total. The van der Waals surface area contributed by atoms with Gasteiger partial charge in [-0.2, -0.15) is 0 Å². The molecule has 2 unspecified atom stereocenters. The summed E-state index contributed by atoms with van der Waals surface area (Å²) in [7, 11) is 2.20. The summed E-state index contributed by atoms with van der Waals surface area (Å²) in [5, 5.41) is 0. The molecule has 0 saturated heterocycles. The number of hydrogen-bond donors (Lipinski definition) is 1. The van der Waals surface area contributed by atoms with Crippen LogP contribution in [0.3, 0.4) is 0 Å². The van der Waals surface area contributed by atoms with Gasteiger partial charge in [-0.05, 0) is 31.1 Å². The summed E-state index contributed by atoms with van der Waals surface area (Å²) in [5.41, 5.74) is 9.18. The first kappa shape index (κ1) is 12.2. The lowest BCUT2D eigenvalue weighted by Crippen LogP contribution is -2.28. The highest BCUT2D eigenvalue weighted by Gasteiger charge is 2.39. The number of nitrogens with two attached hydrogens (primary N) is 1. The number of nitrogens with zero attached hydrogens (tertiary/aromatic N) is 2. The van der Waals surface area contributed by atoms with Crippen molar-refractivity contribution >= 4 is 0 Å². The van der Waals surface area contributed by atoms with Gasteiger partial charge in [0, 0.05) is 31.1 Å². The standard InChI is InChI=1S/C15H25N3/c1-15(2)8-4-5-11(15)14-17-12-9-10(16)6-7-13(12)18(14)3/h10-11H,4-9,16H2,1-3H3. The van der Waals surface area contributed by atoms with Gasteiger partial charge >= 0.3 is 0 Å². The predicted octanol–water partition coefficient (Wildman–Crippen LogP) is 2.53. The molecule has 2 N–H and O–H groups in total. The molecule has 100 valence electrons. The third-order valence-corrected chi connectivity index (χ3v) is 5.11. The maximum atomic E-state index is 6.07. The lowest BCUT2D eigenvalue weighted by molar-refractivity contribution is 0.317. The van der Waals surface area contributed by atoms with Crippen LogP contribution in [-0.2, 0) is 19.9 Å². The Labute approximate surface area is 110 Å². The van der Waals surface area contributed by atoms with Crippen LogP contribution >= 0.6 is 0 Å². The van der Waals surface area contributed by atoms with Crippen molar-refractivity contribution in [2.24, 2.45) is 18.2 Å². The molecular formula is C15H25N3. The van der Waals surface area contributed by atoms with Crippen molar-refractivity contribution < 1.29 is 0 Å². The molecule has 1 aromatic heterocycles. The first-order valence-corrected chi connectivity index (χ1v) is 7.29. The second-order valence-electron chi connectivity index (χ2n) is 6.86.